The Labute approximate surface area is 182 Å². The summed E-state index contributed by atoms with van der Waals surface area (Å²) in [6.45, 7) is 3.40. The Kier molecular flexibility index (Phi) is 4.72. The number of aromatic nitrogens is 3. The molecular weight excluding hydrogens is 416 g/mol. The Morgan fingerprint density at radius 2 is 1.84 bits per heavy atom. The molecule has 1 atom stereocenters. The number of halogens is 1. The van der Waals surface area contributed by atoms with Gasteiger partial charge in [-0.25, -0.2) is 9.36 Å². The molecule has 31 heavy (non-hydrogen) atoms. The molecule has 8 heteroatoms. The highest BCUT2D eigenvalue weighted by molar-refractivity contribution is 6.32. The minimum atomic E-state index is -0.741. The maximum atomic E-state index is 13.0. The third kappa shape index (κ3) is 3.00. The first-order valence-electron chi connectivity index (χ1n) is 10.2. The van der Waals surface area contributed by atoms with Crippen LogP contribution in [0.25, 0.3) is 16.6 Å². The van der Waals surface area contributed by atoms with Gasteiger partial charge in [0.25, 0.3) is 5.56 Å². The number of aromatic amines is 2. The fraction of sp³-hybridized carbons (Fsp3) is 0.217. The molecule has 0 fully saturated rings. The van der Waals surface area contributed by atoms with Gasteiger partial charge in [-0.1, -0.05) is 48.9 Å². The molecule has 4 aromatic rings. The maximum absolute atomic E-state index is 13.0. The fourth-order valence-electron chi connectivity index (χ4n) is 4.60. The van der Waals surface area contributed by atoms with E-state index in [0.29, 0.717) is 17.3 Å². The first-order valence-corrected chi connectivity index (χ1v) is 10.6. The van der Waals surface area contributed by atoms with E-state index in [1.807, 2.05) is 25.1 Å². The van der Waals surface area contributed by atoms with Gasteiger partial charge < -0.3 is 10.1 Å². The van der Waals surface area contributed by atoms with E-state index < -0.39 is 23.2 Å². The zero-order valence-electron chi connectivity index (χ0n) is 16.9. The van der Waals surface area contributed by atoms with Gasteiger partial charge in [-0.05, 0) is 36.7 Å². The molecule has 158 valence electrons. The lowest BCUT2D eigenvalue weighted by Crippen LogP contribution is -2.41. The van der Waals surface area contributed by atoms with Crippen molar-refractivity contribution in [3.8, 4) is 11.6 Å². The number of para-hydroxylation sites is 2. The second kappa shape index (κ2) is 7.44. The summed E-state index contributed by atoms with van der Waals surface area (Å²) in [4.78, 5) is 33.6. The summed E-state index contributed by atoms with van der Waals surface area (Å²) in [7, 11) is 0. The van der Waals surface area contributed by atoms with Crippen LogP contribution in [0.4, 0.5) is 0 Å². The standard InChI is InChI=1S/C23H21ClN4O3/c1-2-27-12-11-14-13-7-3-5-9-16(13)25-19(14)20(27)18-21(29)26-23(31)28(22(18)30)17-10-6-4-8-15(17)24/h3-10,20,25,30H,2,11-12H2,1H3,(H,26,29,31)/t20-/m0/s1. The first-order chi connectivity index (χ1) is 15.0. The summed E-state index contributed by atoms with van der Waals surface area (Å²) in [6.07, 6.45) is 0.826. The SMILES string of the molecule is CCN1CCc2c([nH]c3ccccc23)[C@@H]1c1c(O)n(-c2ccccc2Cl)c(=O)[nH]c1=O. The number of nitrogens with zero attached hydrogens (tertiary/aromatic N) is 2. The van der Waals surface area contributed by atoms with Crippen LogP contribution >= 0.6 is 11.6 Å². The van der Waals surface area contributed by atoms with Crippen molar-refractivity contribution < 1.29 is 5.11 Å². The lowest BCUT2D eigenvalue weighted by atomic mass is 9.93. The molecule has 0 saturated carbocycles. The van der Waals surface area contributed by atoms with Crippen LogP contribution in [-0.2, 0) is 6.42 Å². The average molecular weight is 437 g/mol. The molecule has 0 radical (unpaired) electrons. The molecule has 0 amide bonds. The molecule has 1 aliphatic heterocycles. The minimum absolute atomic E-state index is 0.119. The zero-order chi connectivity index (χ0) is 21.7. The highest BCUT2D eigenvalue weighted by Gasteiger charge is 2.35. The van der Waals surface area contributed by atoms with Gasteiger partial charge in [0.15, 0.2) is 0 Å². The van der Waals surface area contributed by atoms with Crippen LogP contribution in [-0.4, -0.2) is 37.6 Å². The van der Waals surface area contributed by atoms with Crippen LogP contribution in [0.2, 0.25) is 5.02 Å². The van der Waals surface area contributed by atoms with Gasteiger partial charge in [-0.3, -0.25) is 14.7 Å². The van der Waals surface area contributed by atoms with Crippen LogP contribution in [0.15, 0.2) is 58.1 Å². The molecule has 0 bridgehead atoms. The maximum Gasteiger partial charge on any atom is 0.335 e. The Bertz CT molecular complexity index is 1420. The van der Waals surface area contributed by atoms with Gasteiger partial charge in [0, 0.05) is 23.1 Å². The third-order valence-corrected chi connectivity index (χ3v) is 6.35. The number of fused-ring (bicyclic) bond motifs is 3. The molecule has 1 aliphatic rings. The lowest BCUT2D eigenvalue weighted by Gasteiger charge is -2.35. The summed E-state index contributed by atoms with van der Waals surface area (Å²) < 4.78 is 1.06. The van der Waals surface area contributed by atoms with E-state index in [4.69, 9.17) is 11.6 Å². The van der Waals surface area contributed by atoms with Crippen LogP contribution < -0.4 is 11.2 Å². The summed E-state index contributed by atoms with van der Waals surface area (Å²) >= 11 is 6.29. The van der Waals surface area contributed by atoms with Crippen molar-refractivity contribution in [1.29, 1.82) is 0 Å². The molecular formula is C23H21ClN4O3. The molecule has 0 spiro atoms. The Morgan fingerprint density at radius 1 is 1.10 bits per heavy atom. The number of rotatable bonds is 3. The van der Waals surface area contributed by atoms with E-state index >= 15 is 0 Å². The predicted molar refractivity (Wildman–Crippen MR) is 120 cm³/mol. The molecule has 0 unspecified atom stereocenters. The average Bonchev–Trinajstić information content (AvgIpc) is 3.14. The van der Waals surface area contributed by atoms with E-state index in [2.05, 4.69) is 20.9 Å². The molecule has 7 nitrogen and oxygen atoms in total. The smallest absolute Gasteiger partial charge is 0.335 e. The van der Waals surface area contributed by atoms with Crippen LogP contribution in [0.3, 0.4) is 0 Å². The molecule has 5 rings (SSSR count). The van der Waals surface area contributed by atoms with Crippen molar-refractivity contribution in [2.75, 3.05) is 13.1 Å². The summed E-state index contributed by atoms with van der Waals surface area (Å²) in [6, 6.07) is 14.2. The van der Waals surface area contributed by atoms with E-state index in [-0.39, 0.29) is 5.56 Å². The lowest BCUT2D eigenvalue weighted by molar-refractivity contribution is 0.215. The molecule has 2 aromatic heterocycles. The predicted octanol–water partition coefficient (Wildman–Crippen LogP) is 3.33. The Hall–Kier alpha value is -3.29. The number of benzene rings is 2. The van der Waals surface area contributed by atoms with Gasteiger partial charge >= 0.3 is 5.69 Å². The van der Waals surface area contributed by atoms with Gasteiger partial charge in [-0.15, -0.1) is 0 Å². The zero-order valence-corrected chi connectivity index (χ0v) is 17.6. The number of nitrogens with one attached hydrogen (secondary N) is 2. The van der Waals surface area contributed by atoms with Crippen molar-refractivity contribution in [1.82, 2.24) is 19.4 Å². The second-order valence-corrected chi connectivity index (χ2v) is 8.03. The number of likely N-dealkylation sites (N-methyl/N-ethyl adjacent to an activating group) is 1. The van der Waals surface area contributed by atoms with Gasteiger partial charge in [-0.2, -0.15) is 0 Å². The normalized spacial score (nSPS) is 16.5. The number of hydrogen-bond acceptors (Lipinski definition) is 4. The van der Waals surface area contributed by atoms with Crippen molar-refractivity contribution in [2.45, 2.75) is 19.4 Å². The molecule has 3 heterocycles. The largest absolute Gasteiger partial charge is 0.494 e. The van der Waals surface area contributed by atoms with Crippen LogP contribution in [0.1, 0.15) is 29.8 Å². The van der Waals surface area contributed by atoms with Crippen LogP contribution in [0, 0.1) is 0 Å². The molecule has 0 saturated heterocycles. The Morgan fingerprint density at radius 3 is 2.61 bits per heavy atom. The first kappa shape index (κ1) is 19.7. The van der Waals surface area contributed by atoms with E-state index in [9.17, 15) is 14.7 Å². The quantitative estimate of drug-likeness (QED) is 0.459. The highest BCUT2D eigenvalue weighted by atomic mass is 35.5. The van der Waals surface area contributed by atoms with Gasteiger partial charge in [0.2, 0.25) is 5.88 Å². The number of aromatic hydroxyl groups is 1. The number of H-pyrrole nitrogens is 2. The van der Waals surface area contributed by atoms with E-state index in [1.165, 1.54) is 0 Å². The minimum Gasteiger partial charge on any atom is -0.494 e. The highest BCUT2D eigenvalue weighted by Crippen LogP contribution is 2.39. The van der Waals surface area contributed by atoms with Gasteiger partial charge in [0.1, 0.15) is 5.56 Å². The second-order valence-electron chi connectivity index (χ2n) is 7.63. The number of hydrogen-bond donors (Lipinski definition) is 3. The van der Waals surface area contributed by atoms with E-state index in [1.54, 1.807) is 24.3 Å². The van der Waals surface area contributed by atoms with Gasteiger partial charge in [0.05, 0.1) is 16.8 Å². The van der Waals surface area contributed by atoms with Crippen molar-refractivity contribution >= 4 is 22.5 Å². The fourth-order valence-corrected chi connectivity index (χ4v) is 4.82. The van der Waals surface area contributed by atoms with Crippen molar-refractivity contribution in [2.24, 2.45) is 0 Å². The molecule has 2 aromatic carbocycles. The molecule has 3 N–H and O–H groups in total. The third-order valence-electron chi connectivity index (χ3n) is 6.03. The summed E-state index contributed by atoms with van der Waals surface area (Å²) in [5.41, 5.74) is 2.04. The Balaban J connectivity index is 1.81. The van der Waals surface area contributed by atoms with E-state index in [0.717, 1.165) is 39.7 Å². The topological polar surface area (TPSA) is 94.1 Å². The summed E-state index contributed by atoms with van der Waals surface area (Å²) in [5, 5.41) is 12.6. The monoisotopic (exact) mass is 436 g/mol. The van der Waals surface area contributed by atoms with Crippen LogP contribution in [0.5, 0.6) is 5.88 Å². The molecule has 0 aliphatic carbocycles. The van der Waals surface area contributed by atoms with Crippen molar-refractivity contribution in [3.63, 3.8) is 0 Å². The van der Waals surface area contributed by atoms with Crippen molar-refractivity contribution in [3.05, 3.63) is 91.2 Å². The summed E-state index contributed by atoms with van der Waals surface area (Å²) in [5.74, 6) is -0.406.